The second kappa shape index (κ2) is 3.37. The smallest absolute Gasteiger partial charge is 0.326 e. The van der Waals surface area contributed by atoms with Gasteiger partial charge in [0.25, 0.3) is 5.56 Å². The predicted molar refractivity (Wildman–Crippen MR) is 54.3 cm³/mol. The van der Waals surface area contributed by atoms with Gasteiger partial charge >= 0.3 is 6.18 Å². The number of hydrogen-bond donors (Lipinski definition) is 1. The lowest BCUT2D eigenvalue weighted by molar-refractivity contribution is -0.137. The number of aromatic amines is 1. The molecule has 1 aromatic carbocycles. The maximum atomic E-state index is 12.4. The van der Waals surface area contributed by atoms with Crippen LogP contribution in [-0.4, -0.2) is 4.98 Å². The van der Waals surface area contributed by atoms with Crippen molar-refractivity contribution in [3.05, 3.63) is 45.9 Å². The molecule has 84 valence electrons. The van der Waals surface area contributed by atoms with Crippen molar-refractivity contribution in [1.29, 1.82) is 0 Å². The quantitative estimate of drug-likeness (QED) is 0.737. The van der Waals surface area contributed by atoms with Crippen molar-refractivity contribution < 1.29 is 13.2 Å². The molecule has 0 bridgehead atoms. The summed E-state index contributed by atoms with van der Waals surface area (Å²) in [5.74, 6) is 0. The first-order valence-corrected chi connectivity index (χ1v) is 4.59. The van der Waals surface area contributed by atoms with Crippen LogP contribution < -0.4 is 5.56 Å². The number of aromatic nitrogens is 1. The number of aryl methyl sites for hydroxylation is 1. The second-order valence-electron chi connectivity index (χ2n) is 3.58. The number of benzene rings is 1. The van der Waals surface area contributed by atoms with Gasteiger partial charge in [-0.3, -0.25) is 4.79 Å². The molecule has 0 aliphatic carbocycles. The van der Waals surface area contributed by atoms with Crippen LogP contribution in [0.2, 0.25) is 0 Å². The van der Waals surface area contributed by atoms with E-state index in [0.717, 1.165) is 12.1 Å². The first kappa shape index (κ1) is 10.7. The Labute approximate surface area is 88.7 Å². The van der Waals surface area contributed by atoms with Gasteiger partial charge in [0.1, 0.15) is 0 Å². The standard InChI is InChI=1S/C11H8F3NO/c1-6-4-7-2-3-8(11(12,13)14)5-9(7)10(16)15-6/h2-5H,1H3,(H,15,16). The van der Waals surface area contributed by atoms with Gasteiger partial charge in [-0.05, 0) is 30.5 Å². The number of fused-ring (bicyclic) bond motifs is 1. The Bertz CT molecular complexity index is 598. The normalized spacial score (nSPS) is 12.0. The van der Waals surface area contributed by atoms with Crippen LogP contribution in [0, 0.1) is 6.92 Å². The van der Waals surface area contributed by atoms with Crippen LogP contribution in [0.3, 0.4) is 0 Å². The lowest BCUT2D eigenvalue weighted by Gasteiger charge is -2.07. The molecule has 0 aliphatic rings. The maximum Gasteiger partial charge on any atom is 0.416 e. The van der Waals surface area contributed by atoms with Crippen LogP contribution >= 0.6 is 0 Å². The third-order valence-corrected chi connectivity index (χ3v) is 2.31. The van der Waals surface area contributed by atoms with Crippen LogP contribution in [0.5, 0.6) is 0 Å². The zero-order chi connectivity index (χ0) is 11.9. The number of H-pyrrole nitrogens is 1. The zero-order valence-electron chi connectivity index (χ0n) is 8.35. The Morgan fingerprint density at radius 2 is 1.88 bits per heavy atom. The third kappa shape index (κ3) is 1.80. The molecule has 0 saturated heterocycles. The number of nitrogens with one attached hydrogen (secondary N) is 1. The third-order valence-electron chi connectivity index (χ3n) is 2.31. The van der Waals surface area contributed by atoms with E-state index in [1.54, 1.807) is 13.0 Å². The van der Waals surface area contributed by atoms with Crippen LogP contribution in [0.4, 0.5) is 13.2 Å². The van der Waals surface area contributed by atoms with Crippen molar-refractivity contribution in [1.82, 2.24) is 4.98 Å². The summed E-state index contributed by atoms with van der Waals surface area (Å²) in [6.45, 7) is 1.68. The molecule has 0 atom stereocenters. The summed E-state index contributed by atoms with van der Waals surface area (Å²) in [6, 6.07) is 4.78. The summed E-state index contributed by atoms with van der Waals surface area (Å²) in [5.41, 5.74) is -0.687. The van der Waals surface area contributed by atoms with E-state index in [4.69, 9.17) is 0 Å². The minimum Gasteiger partial charge on any atom is -0.326 e. The first-order chi connectivity index (χ1) is 7.38. The molecule has 0 spiro atoms. The van der Waals surface area contributed by atoms with Gasteiger partial charge in [0.15, 0.2) is 0 Å². The van der Waals surface area contributed by atoms with Crippen LogP contribution in [0.1, 0.15) is 11.3 Å². The number of alkyl halides is 3. The van der Waals surface area contributed by atoms with Gasteiger partial charge in [0.2, 0.25) is 0 Å². The maximum absolute atomic E-state index is 12.4. The fourth-order valence-electron chi connectivity index (χ4n) is 1.57. The lowest BCUT2D eigenvalue weighted by Crippen LogP contribution is -2.10. The average Bonchev–Trinajstić information content (AvgIpc) is 2.15. The van der Waals surface area contributed by atoms with E-state index in [2.05, 4.69) is 4.98 Å². The molecule has 0 saturated carbocycles. The van der Waals surface area contributed by atoms with Crippen molar-refractivity contribution in [2.75, 3.05) is 0 Å². The average molecular weight is 227 g/mol. The fourth-order valence-corrected chi connectivity index (χ4v) is 1.57. The van der Waals surface area contributed by atoms with E-state index in [1.165, 1.54) is 6.07 Å². The number of hydrogen-bond acceptors (Lipinski definition) is 1. The molecule has 1 heterocycles. The monoisotopic (exact) mass is 227 g/mol. The SMILES string of the molecule is Cc1cc2ccc(C(F)(F)F)cc2c(=O)[nH]1. The first-order valence-electron chi connectivity index (χ1n) is 4.59. The summed E-state index contributed by atoms with van der Waals surface area (Å²) in [4.78, 5) is 13.9. The molecule has 0 aliphatic heterocycles. The minimum absolute atomic E-state index is 0.0559. The molecular formula is C11H8F3NO. The molecule has 0 fully saturated rings. The van der Waals surface area contributed by atoms with Gasteiger partial charge < -0.3 is 4.98 Å². The summed E-state index contributed by atoms with van der Waals surface area (Å²) >= 11 is 0. The Hall–Kier alpha value is -1.78. The molecule has 2 nitrogen and oxygen atoms in total. The van der Waals surface area contributed by atoms with Crippen molar-refractivity contribution in [3.63, 3.8) is 0 Å². The van der Waals surface area contributed by atoms with Gasteiger partial charge in [-0.2, -0.15) is 13.2 Å². The fraction of sp³-hybridized carbons (Fsp3) is 0.182. The second-order valence-corrected chi connectivity index (χ2v) is 3.58. The van der Waals surface area contributed by atoms with E-state index in [-0.39, 0.29) is 5.39 Å². The molecule has 1 aromatic heterocycles. The van der Waals surface area contributed by atoms with Gasteiger partial charge in [0, 0.05) is 11.1 Å². The Morgan fingerprint density at radius 3 is 2.50 bits per heavy atom. The predicted octanol–water partition coefficient (Wildman–Crippen LogP) is 2.86. The molecule has 2 rings (SSSR count). The minimum atomic E-state index is -4.43. The summed E-state index contributed by atoms with van der Waals surface area (Å²) in [5, 5.41) is 0.565. The molecule has 0 radical (unpaired) electrons. The number of halogens is 3. The highest BCUT2D eigenvalue weighted by molar-refractivity contribution is 5.82. The van der Waals surface area contributed by atoms with Crippen molar-refractivity contribution in [3.8, 4) is 0 Å². The summed E-state index contributed by atoms with van der Waals surface area (Å²) in [7, 11) is 0. The lowest BCUT2D eigenvalue weighted by atomic mass is 10.1. The molecular weight excluding hydrogens is 219 g/mol. The van der Waals surface area contributed by atoms with Crippen molar-refractivity contribution in [2.45, 2.75) is 13.1 Å². The van der Waals surface area contributed by atoms with E-state index < -0.39 is 17.3 Å². The zero-order valence-corrected chi connectivity index (χ0v) is 8.35. The molecule has 5 heteroatoms. The van der Waals surface area contributed by atoms with Crippen LogP contribution in [0.15, 0.2) is 29.1 Å². The van der Waals surface area contributed by atoms with E-state index in [1.807, 2.05) is 0 Å². The van der Waals surface area contributed by atoms with Gasteiger partial charge in [0.05, 0.1) is 5.56 Å². The Balaban J connectivity index is 2.77. The summed E-state index contributed by atoms with van der Waals surface area (Å²) < 4.78 is 37.2. The van der Waals surface area contributed by atoms with Gasteiger partial charge in [-0.15, -0.1) is 0 Å². The Kier molecular flexibility index (Phi) is 2.26. The Morgan fingerprint density at radius 1 is 1.19 bits per heavy atom. The van der Waals surface area contributed by atoms with E-state index in [9.17, 15) is 18.0 Å². The van der Waals surface area contributed by atoms with Crippen molar-refractivity contribution in [2.24, 2.45) is 0 Å². The van der Waals surface area contributed by atoms with Gasteiger partial charge in [-0.1, -0.05) is 6.07 Å². The highest BCUT2D eigenvalue weighted by atomic mass is 19.4. The molecule has 0 amide bonds. The molecule has 0 unspecified atom stereocenters. The molecule has 16 heavy (non-hydrogen) atoms. The van der Waals surface area contributed by atoms with Gasteiger partial charge in [-0.25, -0.2) is 0 Å². The van der Waals surface area contributed by atoms with E-state index >= 15 is 0 Å². The highest BCUT2D eigenvalue weighted by Crippen LogP contribution is 2.30. The molecule has 2 aromatic rings. The number of rotatable bonds is 0. The van der Waals surface area contributed by atoms with Crippen LogP contribution in [0.25, 0.3) is 10.8 Å². The molecule has 1 N–H and O–H groups in total. The topological polar surface area (TPSA) is 32.9 Å². The van der Waals surface area contributed by atoms with Crippen LogP contribution in [-0.2, 0) is 6.18 Å². The van der Waals surface area contributed by atoms with E-state index in [0.29, 0.717) is 11.1 Å². The van der Waals surface area contributed by atoms with Crippen molar-refractivity contribution >= 4 is 10.8 Å². The summed E-state index contributed by atoms with van der Waals surface area (Å²) in [6.07, 6.45) is -4.43. The number of pyridine rings is 1. The largest absolute Gasteiger partial charge is 0.416 e. The highest BCUT2D eigenvalue weighted by Gasteiger charge is 2.30.